The van der Waals surface area contributed by atoms with Crippen LogP contribution in [0.2, 0.25) is 0 Å². The van der Waals surface area contributed by atoms with Crippen molar-refractivity contribution in [1.82, 2.24) is 4.90 Å². The molecule has 0 N–H and O–H groups in total. The summed E-state index contributed by atoms with van der Waals surface area (Å²) in [6.45, 7) is 6.63. The molecule has 1 rings (SSSR count). The van der Waals surface area contributed by atoms with Gasteiger partial charge >= 0.3 is 6.09 Å². The highest BCUT2D eigenvalue weighted by Crippen LogP contribution is 2.16. The lowest BCUT2D eigenvalue weighted by Crippen LogP contribution is -2.38. The van der Waals surface area contributed by atoms with Crippen molar-refractivity contribution in [2.24, 2.45) is 5.92 Å². The number of likely N-dealkylation sites (tertiary alicyclic amines) is 1. The number of ether oxygens (including phenoxy) is 1. The van der Waals surface area contributed by atoms with E-state index in [0.29, 0.717) is 6.61 Å². The Morgan fingerprint density at radius 3 is 2.64 bits per heavy atom. The summed E-state index contributed by atoms with van der Waals surface area (Å²) in [6.07, 6.45) is 4.15. The molecule has 1 saturated heterocycles. The predicted molar refractivity (Wildman–Crippen MR) is 56.2 cm³/mol. The molecule has 14 heavy (non-hydrogen) atoms. The summed E-state index contributed by atoms with van der Waals surface area (Å²) in [6, 6.07) is 0. The third kappa shape index (κ3) is 3.56. The first-order valence-corrected chi connectivity index (χ1v) is 5.65. The van der Waals surface area contributed by atoms with Gasteiger partial charge in [-0.25, -0.2) is 4.79 Å². The van der Waals surface area contributed by atoms with Crippen molar-refractivity contribution in [3.05, 3.63) is 0 Å². The maximum atomic E-state index is 11.5. The van der Waals surface area contributed by atoms with Crippen LogP contribution in [-0.4, -0.2) is 30.7 Å². The van der Waals surface area contributed by atoms with Crippen LogP contribution in [0.5, 0.6) is 0 Å². The smallest absolute Gasteiger partial charge is 0.409 e. The Labute approximate surface area is 86.4 Å². The molecular formula is C11H21NO2. The van der Waals surface area contributed by atoms with Gasteiger partial charge in [-0.2, -0.15) is 0 Å². The van der Waals surface area contributed by atoms with Gasteiger partial charge in [0.2, 0.25) is 0 Å². The minimum absolute atomic E-state index is 0.120. The van der Waals surface area contributed by atoms with Crippen molar-refractivity contribution in [1.29, 1.82) is 0 Å². The van der Waals surface area contributed by atoms with E-state index in [1.165, 1.54) is 0 Å². The maximum absolute atomic E-state index is 11.5. The van der Waals surface area contributed by atoms with E-state index in [9.17, 15) is 4.79 Å². The van der Waals surface area contributed by atoms with Crippen LogP contribution in [-0.2, 0) is 4.74 Å². The minimum Gasteiger partial charge on any atom is -0.449 e. The van der Waals surface area contributed by atoms with E-state index in [1.807, 2.05) is 4.90 Å². The molecule has 1 heterocycles. The highest BCUT2D eigenvalue weighted by Gasteiger charge is 2.20. The Bertz CT molecular complexity index is 174. The standard InChI is InChI=1S/C11H21NO2/c1-3-4-9-14-11(13)12-7-5-10(2)6-8-12/h10H,3-9H2,1-2H3. The van der Waals surface area contributed by atoms with E-state index in [1.54, 1.807) is 0 Å². The molecule has 0 aromatic rings. The van der Waals surface area contributed by atoms with Gasteiger partial charge in [-0.05, 0) is 25.2 Å². The zero-order valence-corrected chi connectivity index (χ0v) is 9.29. The van der Waals surface area contributed by atoms with Crippen LogP contribution < -0.4 is 0 Å². The molecule has 0 aromatic carbocycles. The van der Waals surface area contributed by atoms with Crippen LogP contribution in [0.15, 0.2) is 0 Å². The van der Waals surface area contributed by atoms with E-state index in [-0.39, 0.29) is 6.09 Å². The summed E-state index contributed by atoms with van der Waals surface area (Å²) in [5, 5.41) is 0. The van der Waals surface area contributed by atoms with Gasteiger partial charge in [-0.3, -0.25) is 0 Å². The van der Waals surface area contributed by atoms with E-state index >= 15 is 0 Å². The summed E-state index contributed by atoms with van der Waals surface area (Å²) < 4.78 is 5.14. The second-order valence-corrected chi connectivity index (χ2v) is 4.14. The van der Waals surface area contributed by atoms with Crippen LogP contribution in [0, 0.1) is 5.92 Å². The number of carbonyl (C=O) groups excluding carboxylic acids is 1. The van der Waals surface area contributed by atoms with Crippen LogP contribution in [0.25, 0.3) is 0 Å². The molecule has 0 atom stereocenters. The second kappa shape index (κ2) is 5.89. The molecule has 0 unspecified atom stereocenters. The topological polar surface area (TPSA) is 29.5 Å². The van der Waals surface area contributed by atoms with E-state index in [2.05, 4.69) is 13.8 Å². The molecule has 1 aliphatic rings. The number of rotatable bonds is 3. The van der Waals surface area contributed by atoms with Gasteiger partial charge in [0.25, 0.3) is 0 Å². The second-order valence-electron chi connectivity index (χ2n) is 4.14. The van der Waals surface area contributed by atoms with Crippen LogP contribution in [0.1, 0.15) is 39.5 Å². The van der Waals surface area contributed by atoms with Crippen molar-refractivity contribution in [3.63, 3.8) is 0 Å². The molecule has 0 bridgehead atoms. The molecule has 3 nitrogen and oxygen atoms in total. The normalized spacial score (nSPS) is 18.3. The van der Waals surface area contributed by atoms with Gasteiger partial charge < -0.3 is 9.64 Å². The SMILES string of the molecule is CCCCOC(=O)N1CCC(C)CC1. The summed E-state index contributed by atoms with van der Waals surface area (Å²) in [5.41, 5.74) is 0. The zero-order chi connectivity index (χ0) is 10.4. The number of amides is 1. The predicted octanol–water partition coefficient (Wildman–Crippen LogP) is 2.66. The number of hydrogen-bond donors (Lipinski definition) is 0. The molecule has 0 aliphatic carbocycles. The fourth-order valence-corrected chi connectivity index (χ4v) is 1.59. The molecule has 0 aromatic heterocycles. The molecule has 0 saturated carbocycles. The summed E-state index contributed by atoms with van der Waals surface area (Å²) >= 11 is 0. The molecule has 82 valence electrons. The van der Waals surface area contributed by atoms with Crippen molar-refractivity contribution in [3.8, 4) is 0 Å². The molecule has 1 amide bonds. The third-order valence-electron chi connectivity index (χ3n) is 2.77. The number of nitrogens with zero attached hydrogens (tertiary/aromatic N) is 1. The highest BCUT2D eigenvalue weighted by atomic mass is 16.6. The largest absolute Gasteiger partial charge is 0.449 e. The zero-order valence-electron chi connectivity index (χ0n) is 9.29. The van der Waals surface area contributed by atoms with Gasteiger partial charge in [-0.15, -0.1) is 0 Å². The minimum atomic E-state index is -0.120. The summed E-state index contributed by atoms with van der Waals surface area (Å²) in [7, 11) is 0. The number of carbonyl (C=O) groups is 1. The average Bonchev–Trinajstić information content (AvgIpc) is 2.19. The van der Waals surface area contributed by atoms with Crippen LogP contribution >= 0.6 is 0 Å². The lowest BCUT2D eigenvalue weighted by molar-refractivity contribution is 0.0881. The molecule has 1 aliphatic heterocycles. The number of piperidine rings is 1. The van der Waals surface area contributed by atoms with E-state index in [4.69, 9.17) is 4.74 Å². The average molecular weight is 199 g/mol. The number of unbranched alkanes of at least 4 members (excludes halogenated alkanes) is 1. The lowest BCUT2D eigenvalue weighted by atomic mass is 10.00. The van der Waals surface area contributed by atoms with Crippen LogP contribution in [0.4, 0.5) is 4.79 Å². The molecular weight excluding hydrogens is 178 g/mol. The Hall–Kier alpha value is -0.730. The van der Waals surface area contributed by atoms with Gasteiger partial charge in [0.15, 0.2) is 0 Å². The quantitative estimate of drug-likeness (QED) is 0.654. The van der Waals surface area contributed by atoms with E-state index in [0.717, 1.165) is 44.7 Å². The molecule has 3 heteroatoms. The number of hydrogen-bond acceptors (Lipinski definition) is 2. The lowest BCUT2D eigenvalue weighted by Gasteiger charge is -2.29. The fourth-order valence-electron chi connectivity index (χ4n) is 1.59. The first kappa shape index (κ1) is 11.3. The van der Waals surface area contributed by atoms with Crippen molar-refractivity contribution >= 4 is 6.09 Å². The monoisotopic (exact) mass is 199 g/mol. The van der Waals surface area contributed by atoms with Crippen molar-refractivity contribution in [2.75, 3.05) is 19.7 Å². The summed E-state index contributed by atoms with van der Waals surface area (Å²) in [4.78, 5) is 13.3. The first-order chi connectivity index (χ1) is 6.74. The third-order valence-corrected chi connectivity index (χ3v) is 2.77. The van der Waals surface area contributed by atoms with Crippen molar-refractivity contribution < 1.29 is 9.53 Å². The summed E-state index contributed by atoms with van der Waals surface area (Å²) in [5.74, 6) is 0.759. The van der Waals surface area contributed by atoms with Crippen LogP contribution in [0.3, 0.4) is 0 Å². The Kier molecular flexibility index (Phi) is 4.77. The van der Waals surface area contributed by atoms with Gasteiger partial charge in [0, 0.05) is 13.1 Å². The highest BCUT2D eigenvalue weighted by molar-refractivity contribution is 5.67. The van der Waals surface area contributed by atoms with E-state index < -0.39 is 0 Å². The molecule has 0 radical (unpaired) electrons. The van der Waals surface area contributed by atoms with Gasteiger partial charge in [0.1, 0.15) is 0 Å². The fraction of sp³-hybridized carbons (Fsp3) is 0.909. The van der Waals surface area contributed by atoms with Crippen molar-refractivity contribution in [2.45, 2.75) is 39.5 Å². The maximum Gasteiger partial charge on any atom is 0.409 e. The molecule has 0 spiro atoms. The van der Waals surface area contributed by atoms with Gasteiger partial charge in [-0.1, -0.05) is 20.3 Å². The Balaban J connectivity index is 2.17. The van der Waals surface area contributed by atoms with Gasteiger partial charge in [0.05, 0.1) is 6.61 Å². The Morgan fingerprint density at radius 2 is 2.07 bits per heavy atom. The first-order valence-electron chi connectivity index (χ1n) is 5.65. The molecule has 1 fully saturated rings. The Morgan fingerprint density at radius 1 is 1.43 bits per heavy atom.